The molecule has 2 nitrogen and oxygen atoms in total. The van der Waals surface area contributed by atoms with Gasteiger partial charge < -0.3 is 5.32 Å². The summed E-state index contributed by atoms with van der Waals surface area (Å²) in [5.41, 5.74) is 3.28. The number of halogens is 2. The van der Waals surface area contributed by atoms with Gasteiger partial charge in [0.05, 0.1) is 16.9 Å². The van der Waals surface area contributed by atoms with Gasteiger partial charge in [0.1, 0.15) is 0 Å². The molecule has 0 aliphatic heterocycles. The van der Waals surface area contributed by atoms with Crippen molar-refractivity contribution < 1.29 is 0 Å². The predicted molar refractivity (Wildman–Crippen MR) is 75.5 cm³/mol. The Morgan fingerprint density at radius 2 is 2.18 bits per heavy atom. The van der Waals surface area contributed by atoms with Crippen LogP contribution in [0.3, 0.4) is 0 Å². The van der Waals surface area contributed by atoms with E-state index < -0.39 is 0 Å². The second-order valence-electron chi connectivity index (χ2n) is 3.79. The molecule has 0 saturated heterocycles. The van der Waals surface area contributed by atoms with Crippen molar-refractivity contribution in [2.45, 2.75) is 13.5 Å². The Kier molecular flexibility index (Phi) is 4.02. The zero-order valence-electron chi connectivity index (χ0n) is 9.37. The highest BCUT2D eigenvalue weighted by Gasteiger charge is 2.00. The lowest BCUT2D eigenvalue weighted by Crippen LogP contribution is -2.00. The quantitative estimate of drug-likeness (QED) is 0.907. The van der Waals surface area contributed by atoms with E-state index in [9.17, 15) is 0 Å². The molecule has 0 fully saturated rings. The van der Waals surface area contributed by atoms with Gasteiger partial charge in [0.15, 0.2) is 0 Å². The number of rotatable bonds is 3. The second kappa shape index (κ2) is 5.52. The van der Waals surface area contributed by atoms with Crippen molar-refractivity contribution in [3.8, 4) is 0 Å². The Labute approximate surface area is 114 Å². The van der Waals surface area contributed by atoms with Gasteiger partial charge in [0.25, 0.3) is 0 Å². The van der Waals surface area contributed by atoms with Crippen LogP contribution in [0.5, 0.6) is 0 Å². The average molecular weight is 312 g/mol. The fourth-order valence-corrected chi connectivity index (χ4v) is 2.05. The van der Waals surface area contributed by atoms with E-state index in [0.717, 1.165) is 16.7 Å². The normalized spacial score (nSPS) is 10.3. The van der Waals surface area contributed by atoms with Crippen LogP contribution in [0.2, 0.25) is 5.02 Å². The van der Waals surface area contributed by atoms with E-state index in [4.69, 9.17) is 11.6 Å². The molecule has 1 heterocycles. The van der Waals surface area contributed by atoms with Crippen molar-refractivity contribution in [3.05, 3.63) is 57.3 Å². The fraction of sp³-hybridized carbons (Fsp3) is 0.154. The SMILES string of the molecule is Cc1ccc(CNc2cnccc2Cl)cc1Br. The smallest absolute Gasteiger partial charge is 0.0718 e. The Morgan fingerprint density at radius 1 is 1.35 bits per heavy atom. The molecule has 0 unspecified atom stereocenters. The lowest BCUT2D eigenvalue weighted by atomic mass is 10.1. The van der Waals surface area contributed by atoms with E-state index in [1.54, 1.807) is 18.5 Å². The highest BCUT2D eigenvalue weighted by Crippen LogP contribution is 2.21. The van der Waals surface area contributed by atoms with Crippen LogP contribution in [0.1, 0.15) is 11.1 Å². The van der Waals surface area contributed by atoms with Crippen LogP contribution in [0.4, 0.5) is 5.69 Å². The maximum atomic E-state index is 6.04. The lowest BCUT2D eigenvalue weighted by Gasteiger charge is -2.08. The molecule has 0 radical (unpaired) electrons. The standard InChI is InChI=1S/C13H12BrClN2/c1-9-2-3-10(6-11(9)14)7-17-13-8-16-5-4-12(13)15/h2-6,8,17H,7H2,1H3. The van der Waals surface area contributed by atoms with E-state index in [0.29, 0.717) is 5.02 Å². The zero-order chi connectivity index (χ0) is 12.3. The van der Waals surface area contributed by atoms with Gasteiger partial charge in [-0.05, 0) is 30.2 Å². The van der Waals surface area contributed by atoms with Crippen LogP contribution in [-0.2, 0) is 6.54 Å². The van der Waals surface area contributed by atoms with Gasteiger partial charge >= 0.3 is 0 Å². The van der Waals surface area contributed by atoms with Gasteiger partial charge in [-0.15, -0.1) is 0 Å². The van der Waals surface area contributed by atoms with Gasteiger partial charge in [-0.3, -0.25) is 4.98 Å². The Balaban J connectivity index is 2.08. The van der Waals surface area contributed by atoms with E-state index in [-0.39, 0.29) is 0 Å². The van der Waals surface area contributed by atoms with Crippen molar-refractivity contribution in [1.29, 1.82) is 0 Å². The zero-order valence-corrected chi connectivity index (χ0v) is 11.7. The maximum Gasteiger partial charge on any atom is 0.0718 e. The number of hydrogen-bond donors (Lipinski definition) is 1. The summed E-state index contributed by atoms with van der Waals surface area (Å²) in [7, 11) is 0. The number of aromatic nitrogens is 1. The van der Waals surface area contributed by atoms with E-state index in [1.807, 2.05) is 0 Å². The van der Waals surface area contributed by atoms with Crippen molar-refractivity contribution >= 4 is 33.2 Å². The molecule has 1 aromatic carbocycles. The highest BCUT2D eigenvalue weighted by atomic mass is 79.9. The van der Waals surface area contributed by atoms with Gasteiger partial charge in [0.2, 0.25) is 0 Å². The average Bonchev–Trinajstić information content (AvgIpc) is 2.32. The summed E-state index contributed by atoms with van der Waals surface area (Å²) in [5.74, 6) is 0. The largest absolute Gasteiger partial charge is 0.379 e. The predicted octanol–water partition coefficient (Wildman–Crippen LogP) is 4.42. The molecule has 0 amide bonds. The second-order valence-corrected chi connectivity index (χ2v) is 5.05. The van der Waals surface area contributed by atoms with Crippen LogP contribution in [0.15, 0.2) is 41.1 Å². The Morgan fingerprint density at radius 3 is 2.88 bits per heavy atom. The minimum Gasteiger partial charge on any atom is -0.379 e. The van der Waals surface area contributed by atoms with Crippen LogP contribution in [0, 0.1) is 6.92 Å². The molecule has 2 rings (SSSR count). The monoisotopic (exact) mass is 310 g/mol. The fourth-order valence-electron chi connectivity index (χ4n) is 1.45. The summed E-state index contributed by atoms with van der Waals surface area (Å²) >= 11 is 9.56. The number of nitrogens with one attached hydrogen (secondary N) is 1. The molecule has 1 aromatic heterocycles. The first-order chi connectivity index (χ1) is 8.16. The third kappa shape index (κ3) is 3.20. The summed E-state index contributed by atoms with van der Waals surface area (Å²) in [6.45, 7) is 2.80. The molecule has 0 spiro atoms. The van der Waals surface area contributed by atoms with Crippen LogP contribution >= 0.6 is 27.5 Å². The van der Waals surface area contributed by atoms with Crippen molar-refractivity contribution in [3.63, 3.8) is 0 Å². The number of pyridine rings is 1. The van der Waals surface area contributed by atoms with E-state index in [2.05, 4.69) is 51.4 Å². The van der Waals surface area contributed by atoms with Gasteiger partial charge in [-0.25, -0.2) is 0 Å². The summed E-state index contributed by atoms with van der Waals surface area (Å²) in [6.07, 6.45) is 3.40. The first-order valence-corrected chi connectivity index (χ1v) is 6.42. The van der Waals surface area contributed by atoms with Crippen LogP contribution in [0.25, 0.3) is 0 Å². The minimum absolute atomic E-state index is 0.686. The number of benzene rings is 1. The Hall–Kier alpha value is -1.06. The molecule has 0 aliphatic carbocycles. The van der Waals surface area contributed by atoms with Crippen molar-refractivity contribution in [2.24, 2.45) is 0 Å². The van der Waals surface area contributed by atoms with E-state index >= 15 is 0 Å². The highest BCUT2D eigenvalue weighted by molar-refractivity contribution is 9.10. The van der Waals surface area contributed by atoms with Gasteiger partial charge in [-0.2, -0.15) is 0 Å². The Bertz CT molecular complexity index is 529. The van der Waals surface area contributed by atoms with Crippen LogP contribution in [-0.4, -0.2) is 4.98 Å². The lowest BCUT2D eigenvalue weighted by molar-refractivity contribution is 1.13. The third-order valence-corrected chi connectivity index (χ3v) is 3.67. The molecule has 1 N–H and O–H groups in total. The molecule has 0 aliphatic rings. The molecular formula is C13H12BrClN2. The third-order valence-electron chi connectivity index (χ3n) is 2.49. The molecule has 0 bridgehead atoms. The van der Waals surface area contributed by atoms with Gasteiger partial charge in [-0.1, -0.05) is 39.7 Å². The molecule has 88 valence electrons. The number of hydrogen-bond acceptors (Lipinski definition) is 2. The topological polar surface area (TPSA) is 24.9 Å². The summed E-state index contributed by atoms with van der Waals surface area (Å²) < 4.78 is 1.12. The summed E-state index contributed by atoms with van der Waals surface area (Å²) in [4.78, 5) is 4.03. The molecule has 0 atom stereocenters. The molecule has 17 heavy (non-hydrogen) atoms. The molecule has 4 heteroatoms. The molecular weight excluding hydrogens is 300 g/mol. The van der Waals surface area contributed by atoms with Crippen molar-refractivity contribution in [2.75, 3.05) is 5.32 Å². The number of anilines is 1. The maximum absolute atomic E-state index is 6.04. The first-order valence-electron chi connectivity index (χ1n) is 5.25. The van der Waals surface area contributed by atoms with Crippen molar-refractivity contribution in [1.82, 2.24) is 4.98 Å². The first kappa shape index (κ1) is 12.4. The number of aryl methyl sites for hydroxylation is 1. The minimum atomic E-state index is 0.686. The molecule has 0 saturated carbocycles. The summed E-state index contributed by atoms with van der Waals surface area (Å²) in [5, 5.41) is 3.95. The molecule has 2 aromatic rings. The van der Waals surface area contributed by atoms with Crippen LogP contribution < -0.4 is 5.32 Å². The van der Waals surface area contributed by atoms with Gasteiger partial charge in [0, 0.05) is 17.2 Å². The van der Waals surface area contributed by atoms with E-state index in [1.165, 1.54) is 11.1 Å². The number of nitrogens with zero attached hydrogens (tertiary/aromatic N) is 1. The summed E-state index contributed by atoms with van der Waals surface area (Å²) in [6, 6.07) is 8.06.